The SMILES string of the molecule is C=C(Cl)C[C@@H]1NCCC[C@@H]1O.C=C(Cl)C[C@H]1[C@@H](O)CCCN1C(=O)OCC1c2ccccc2-c2ccccc21.CCC1(O)C[C@H]2[C@H](CCCN2C(=O)OCC2c3ccccc3-c3ccccc32)O1.O=C(C[C@H]1NCCC[C@@H]1O)Cn1cnc2cc(Br)c(Cl)cc2c1=O.O=c1[nH]cnc2cc(Br)c(Cl)cc12.O=c1c2cc(Br)c(Cl)cc2ncn1CC1(O)C[C@@H]2NCCC[C@@H]2O1. The predicted molar refractivity (Wildman–Crippen MR) is 511 cm³/mol. The van der Waals surface area contributed by atoms with Crippen molar-refractivity contribution in [3.05, 3.63) is 257 Å². The first-order valence-corrected chi connectivity index (χ1v) is 47.7. The van der Waals surface area contributed by atoms with Crippen molar-refractivity contribution in [2.75, 3.05) is 45.9 Å². The van der Waals surface area contributed by atoms with Crippen LogP contribution in [0, 0.1) is 0 Å². The molecule has 10 aromatic rings. The van der Waals surface area contributed by atoms with E-state index in [2.05, 4.69) is 145 Å². The highest BCUT2D eigenvalue weighted by Gasteiger charge is 2.51. The Hall–Kier alpha value is -7.86. The lowest BCUT2D eigenvalue weighted by atomic mass is 9.96. The fourth-order valence-electron chi connectivity index (χ4n) is 18.5. The first-order valence-electron chi connectivity index (χ1n) is 43.4. The van der Waals surface area contributed by atoms with Crippen molar-refractivity contribution in [2.24, 2.45) is 0 Å². The number of hydrogen-bond donors (Lipinski definition) is 9. The molecule has 9 N–H and O–H groups in total. The Morgan fingerprint density at radius 3 is 1.53 bits per heavy atom. The molecule has 19 rings (SSSR count). The van der Waals surface area contributed by atoms with Gasteiger partial charge in [0.25, 0.3) is 16.7 Å². The molecule has 3 aromatic heterocycles. The normalized spacial score (nSPS) is 24.1. The van der Waals surface area contributed by atoms with E-state index in [9.17, 15) is 54.3 Å². The summed E-state index contributed by atoms with van der Waals surface area (Å²) in [7, 11) is 0. The summed E-state index contributed by atoms with van der Waals surface area (Å²) in [5.41, 5.74) is 10.6. The number of nitrogens with one attached hydrogen (secondary N) is 4. The fraction of sp³-hybridized carbons (Fsp3) is 0.421. The molecular weight excluding hydrogens is 1950 g/mol. The number of benzene rings is 7. The summed E-state index contributed by atoms with van der Waals surface area (Å²) in [6, 6.07) is 42.5. The lowest BCUT2D eigenvalue weighted by Gasteiger charge is -2.38. The van der Waals surface area contributed by atoms with E-state index in [-0.39, 0.29) is 115 Å². The van der Waals surface area contributed by atoms with Gasteiger partial charge in [0.05, 0.1) is 122 Å². The third-order valence-electron chi connectivity index (χ3n) is 25.1. The molecule has 684 valence electrons. The van der Waals surface area contributed by atoms with Gasteiger partial charge in [0.1, 0.15) is 13.2 Å². The van der Waals surface area contributed by atoms with Crippen LogP contribution in [0.3, 0.4) is 0 Å². The summed E-state index contributed by atoms with van der Waals surface area (Å²) >= 11 is 39.4. The molecule has 7 aliphatic heterocycles. The van der Waals surface area contributed by atoms with E-state index in [1.54, 1.807) is 46.2 Å². The maximum Gasteiger partial charge on any atom is 0.410 e. The summed E-state index contributed by atoms with van der Waals surface area (Å²) in [5, 5.41) is 64.6. The number of hydrogen-bond acceptors (Lipinski definition) is 21. The number of piperidine rings is 5. The molecule has 26 nitrogen and oxygen atoms in total. The molecule has 7 aromatic carbocycles. The molecule has 2 aliphatic carbocycles. The monoisotopic (exact) mass is 2050 g/mol. The van der Waals surface area contributed by atoms with Crippen LogP contribution in [-0.4, -0.2) is 201 Å². The highest BCUT2D eigenvalue weighted by atomic mass is 79.9. The van der Waals surface area contributed by atoms with Gasteiger partial charge in [0.15, 0.2) is 17.4 Å². The standard InChI is InChI=1S/C24H27NO4.C23H24ClNO3.2C16H17BrClN3O3.C8H4BrClN2O.C8H14ClNO/c1-2-24(27)14-21-22(29-24)12-7-13-25(21)23(26)28-15-20-18-10-5-3-8-16(18)17-9-4-6-11-19(17)20;1-15(24)13-21-22(26)11-6-12-25(21)23(27)28-14-20-18-9-4-2-7-16(18)17-8-3-5-10-19(17)20;17-10-4-9-12(5-11(10)18)20-8-21(15(9)22)7-16(23)6-13-14(24-16)2-1-3-19-13;17-11-6-13-10(5-12(11)18)16(24)21(8-20-13)7-9(22)4-14-15(23)2-1-3-19-14;9-5-2-7-4(1-6(5)10)8(13)12-3-11-7;1-6(9)5-7-8(11)3-2-4-10-7/h3-6,8-11,20-22,27H,2,7,12-15H2,1H3;2-5,7-10,20-22,26H,1,6,11-14H2;4-5,8,13-14,19,23H,1-3,6-7H2;5-6,8,14-15,19,23H,1-4,7H2;1-3H,(H,11,12,13);7-8,10-11H,1-5H2/t21-,22-,24?;21-,22-;13-,14-,16?;14-,15+;;7-,8-/m0001.0/s1. The quantitative estimate of drug-likeness (QED) is 0.0460. The Morgan fingerprint density at radius 1 is 0.527 bits per heavy atom. The van der Waals surface area contributed by atoms with Gasteiger partial charge in [-0.2, -0.15) is 0 Å². The molecule has 2 amide bonds. The molecule has 129 heavy (non-hydrogen) atoms. The van der Waals surface area contributed by atoms with Gasteiger partial charge in [0.2, 0.25) is 0 Å². The van der Waals surface area contributed by atoms with Crippen molar-refractivity contribution in [3.63, 3.8) is 0 Å². The Kier molecular flexibility index (Phi) is 33.1. The number of rotatable bonds is 15. The number of ketones is 1. The molecule has 0 spiro atoms. The topological polar surface area (TPSA) is 347 Å². The van der Waals surface area contributed by atoms with E-state index in [1.165, 1.54) is 72.6 Å². The van der Waals surface area contributed by atoms with Crippen LogP contribution in [0.2, 0.25) is 15.1 Å². The fourth-order valence-corrected chi connectivity index (χ4v) is 20.3. The summed E-state index contributed by atoms with van der Waals surface area (Å²) in [4.78, 5) is 92.9. The number of aliphatic hydroxyl groups excluding tert-OH is 3. The minimum Gasteiger partial charge on any atom is -0.448 e. The first kappa shape index (κ1) is 97.2. The van der Waals surface area contributed by atoms with Crippen molar-refractivity contribution in [1.82, 2.24) is 54.8 Å². The van der Waals surface area contributed by atoms with Gasteiger partial charge in [0, 0.05) is 98.6 Å². The molecule has 7 saturated heterocycles. The molecule has 2 unspecified atom stereocenters. The molecule has 7 fully saturated rings. The van der Waals surface area contributed by atoms with E-state index >= 15 is 0 Å². The number of halogens is 8. The molecule has 12 atom stereocenters. The second kappa shape index (κ2) is 43.9. The number of aromatic nitrogens is 6. The van der Waals surface area contributed by atoms with Crippen molar-refractivity contribution in [2.45, 2.75) is 207 Å². The summed E-state index contributed by atoms with van der Waals surface area (Å²) < 4.78 is 28.0. The summed E-state index contributed by atoms with van der Waals surface area (Å²) in [5.74, 6) is -2.52. The molecule has 9 aliphatic rings. The number of fused-ring (bicyclic) bond motifs is 11. The second-order valence-electron chi connectivity index (χ2n) is 33.8. The number of amides is 2. The van der Waals surface area contributed by atoms with Crippen molar-refractivity contribution >= 4 is 156 Å². The largest absolute Gasteiger partial charge is 0.448 e. The van der Waals surface area contributed by atoms with Crippen molar-refractivity contribution in [1.29, 1.82) is 0 Å². The number of carbonyl (C=O) groups is 3. The van der Waals surface area contributed by atoms with Crippen molar-refractivity contribution < 1.29 is 58.9 Å². The summed E-state index contributed by atoms with van der Waals surface area (Å²) in [6.07, 6.45) is 13.3. The van der Waals surface area contributed by atoms with Crippen LogP contribution in [0.15, 0.2) is 203 Å². The van der Waals surface area contributed by atoms with Crippen LogP contribution in [0.25, 0.3) is 55.0 Å². The van der Waals surface area contributed by atoms with Gasteiger partial charge in [-0.3, -0.25) is 28.3 Å². The Labute approximate surface area is 796 Å². The van der Waals surface area contributed by atoms with Crippen LogP contribution in [0.1, 0.15) is 144 Å². The Balaban J connectivity index is 0.000000128. The number of aliphatic hydroxyl groups is 5. The average Bonchev–Trinajstić information content (AvgIpc) is 1.63. The molecule has 0 radical (unpaired) electrons. The number of ether oxygens (including phenoxy) is 4. The third kappa shape index (κ3) is 23.5. The maximum atomic E-state index is 13.0. The van der Waals surface area contributed by atoms with E-state index in [0.29, 0.717) is 131 Å². The van der Waals surface area contributed by atoms with Gasteiger partial charge in [-0.15, -0.1) is 0 Å². The van der Waals surface area contributed by atoms with Crippen LogP contribution in [0.4, 0.5) is 9.59 Å². The lowest BCUT2D eigenvalue weighted by Crippen LogP contribution is -2.51. The van der Waals surface area contributed by atoms with Gasteiger partial charge < -0.3 is 75.2 Å². The molecular formula is C95H103Br3Cl5N11O15. The maximum absolute atomic E-state index is 13.0. The number of nitrogens with zero attached hydrogens (tertiary/aromatic N) is 7. The molecule has 0 saturated carbocycles. The van der Waals surface area contributed by atoms with E-state index < -0.39 is 29.9 Å². The highest BCUT2D eigenvalue weighted by Crippen LogP contribution is 2.48. The number of likely N-dealkylation sites (tertiary alicyclic amines) is 2. The smallest absolute Gasteiger partial charge is 0.410 e. The number of Topliss-reactive ketones (excluding diaryl/α,β-unsaturated/α-hetero) is 1. The molecule has 34 heteroatoms. The minimum atomic E-state index is -1.35. The first-order chi connectivity index (χ1) is 61.9. The number of aromatic amines is 1. The minimum absolute atomic E-state index is 0.000758. The Bertz CT molecular complexity index is 5850. The van der Waals surface area contributed by atoms with Gasteiger partial charge in [-0.25, -0.2) is 24.5 Å². The average molecular weight is 2060 g/mol. The molecule has 0 bridgehead atoms. The van der Waals surface area contributed by atoms with Gasteiger partial charge in [-0.1, -0.05) is 175 Å². The predicted octanol–water partition coefficient (Wildman–Crippen LogP) is 16.7. The lowest BCUT2D eigenvalue weighted by molar-refractivity contribution is -0.202. The van der Waals surface area contributed by atoms with Gasteiger partial charge in [-0.05, 0) is 219 Å². The van der Waals surface area contributed by atoms with E-state index in [0.717, 1.165) is 75.5 Å². The zero-order valence-corrected chi connectivity index (χ0v) is 79.5. The Morgan fingerprint density at radius 2 is 0.977 bits per heavy atom. The second-order valence-corrected chi connectivity index (χ2v) is 38.7. The van der Waals surface area contributed by atoms with Gasteiger partial charge >= 0.3 is 12.2 Å². The number of carbonyl (C=O) groups excluding carboxylic acids is 3. The van der Waals surface area contributed by atoms with E-state index in [1.807, 2.05) is 55.5 Å². The highest BCUT2D eigenvalue weighted by molar-refractivity contribution is 9.11. The van der Waals surface area contributed by atoms with Crippen LogP contribution >= 0.6 is 106 Å². The van der Waals surface area contributed by atoms with Crippen LogP contribution in [0.5, 0.6) is 0 Å². The summed E-state index contributed by atoms with van der Waals surface area (Å²) in [6.45, 7) is 13.7. The van der Waals surface area contributed by atoms with Crippen LogP contribution < -0.4 is 32.6 Å². The van der Waals surface area contributed by atoms with Crippen molar-refractivity contribution in [3.8, 4) is 22.3 Å². The van der Waals surface area contributed by atoms with Crippen LogP contribution in [-0.2, 0) is 36.8 Å². The third-order valence-corrected chi connectivity index (χ3v) is 29.0. The van der Waals surface area contributed by atoms with E-state index in [4.69, 9.17) is 77.0 Å². The zero-order chi connectivity index (χ0) is 91.5. The number of H-pyrrole nitrogens is 1. The molecule has 10 heterocycles. The zero-order valence-electron chi connectivity index (χ0n) is 70.9.